The van der Waals surface area contributed by atoms with E-state index in [0.717, 1.165) is 44.1 Å². The second-order valence-electron chi connectivity index (χ2n) is 6.45. The van der Waals surface area contributed by atoms with Crippen molar-refractivity contribution in [1.29, 1.82) is 0 Å². The first kappa shape index (κ1) is 14.7. The highest BCUT2D eigenvalue weighted by Crippen LogP contribution is 2.35. The average Bonchev–Trinajstić information content (AvgIpc) is 3.25. The highest BCUT2D eigenvalue weighted by molar-refractivity contribution is 5.99. The van der Waals surface area contributed by atoms with Crippen molar-refractivity contribution in [2.45, 2.75) is 0 Å². The van der Waals surface area contributed by atoms with Gasteiger partial charge in [-0.25, -0.2) is 0 Å². The van der Waals surface area contributed by atoms with E-state index < -0.39 is 0 Å². The smallest absolute Gasteiger partial charge is 0.117 e. The Bertz CT molecular complexity index is 1170. The molecule has 0 amide bonds. The van der Waals surface area contributed by atoms with Gasteiger partial charge >= 0.3 is 0 Å². The van der Waals surface area contributed by atoms with Crippen LogP contribution in [0, 0.1) is 0 Å². The minimum atomic E-state index is 0.252. The van der Waals surface area contributed by atoms with Gasteiger partial charge in [-0.15, -0.1) is 0 Å². The van der Waals surface area contributed by atoms with Gasteiger partial charge in [0, 0.05) is 57.5 Å². The molecule has 0 atom stereocenters. The minimum Gasteiger partial charge on any atom is -0.508 e. The summed E-state index contributed by atoms with van der Waals surface area (Å²) in [6.07, 6.45) is 3.94. The number of aromatic amines is 2. The topological polar surface area (TPSA) is 72.0 Å². The van der Waals surface area contributed by atoms with Crippen LogP contribution in [0.15, 0.2) is 73.1 Å². The van der Waals surface area contributed by atoms with Crippen LogP contribution in [0.2, 0.25) is 0 Å². The summed E-state index contributed by atoms with van der Waals surface area (Å²) in [5.41, 5.74) is 6.22. The summed E-state index contributed by atoms with van der Waals surface area (Å²) in [5.74, 6) is 0.503. The molecular weight excluding hydrogens is 324 g/mol. The molecule has 4 N–H and O–H groups in total. The summed E-state index contributed by atoms with van der Waals surface area (Å²) in [6, 6.07) is 19.1. The Labute approximate surface area is 149 Å². The molecule has 3 aromatic carbocycles. The molecule has 126 valence electrons. The first-order chi connectivity index (χ1) is 12.7. The number of hydrogen-bond acceptors (Lipinski definition) is 2. The quantitative estimate of drug-likeness (QED) is 0.348. The van der Waals surface area contributed by atoms with E-state index in [9.17, 15) is 10.2 Å². The lowest BCUT2D eigenvalue weighted by molar-refractivity contribution is 0.475. The summed E-state index contributed by atoms with van der Waals surface area (Å²) >= 11 is 0. The summed E-state index contributed by atoms with van der Waals surface area (Å²) in [5, 5.41) is 21.5. The van der Waals surface area contributed by atoms with Gasteiger partial charge in [0.2, 0.25) is 0 Å². The maximum absolute atomic E-state index is 9.66. The van der Waals surface area contributed by atoms with Gasteiger partial charge in [-0.2, -0.15) is 0 Å². The number of benzene rings is 3. The summed E-state index contributed by atoms with van der Waals surface area (Å²) in [7, 11) is 0. The number of fused-ring (bicyclic) bond motifs is 2. The minimum absolute atomic E-state index is 0.252. The van der Waals surface area contributed by atoms with E-state index >= 15 is 0 Å². The molecule has 0 saturated carbocycles. The van der Waals surface area contributed by atoms with Gasteiger partial charge in [0.05, 0.1) is 0 Å². The number of nitrogens with one attached hydrogen (secondary N) is 2. The van der Waals surface area contributed by atoms with Crippen LogP contribution in [0.3, 0.4) is 0 Å². The molecule has 2 aromatic heterocycles. The first-order valence-electron chi connectivity index (χ1n) is 8.40. The molecule has 0 aliphatic heterocycles. The second kappa shape index (κ2) is 5.43. The van der Waals surface area contributed by atoms with Crippen LogP contribution in [0.25, 0.3) is 44.1 Å². The van der Waals surface area contributed by atoms with Crippen LogP contribution in [-0.4, -0.2) is 20.2 Å². The van der Waals surface area contributed by atoms with Crippen molar-refractivity contribution < 1.29 is 10.2 Å². The maximum Gasteiger partial charge on any atom is 0.117 e. The average molecular weight is 340 g/mol. The Morgan fingerprint density at radius 2 is 1.08 bits per heavy atom. The van der Waals surface area contributed by atoms with E-state index in [0.29, 0.717) is 0 Å². The molecule has 0 aliphatic rings. The van der Waals surface area contributed by atoms with Gasteiger partial charge in [-0.05, 0) is 41.5 Å². The van der Waals surface area contributed by atoms with Gasteiger partial charge in [-0.3, -0.25) is 0 Å². The van der Waals surface area contributed by atoms with Crippen molar-refractivity contribution in [3.8, 4) is 33.8 Å². The zero-order chi connectivity index (χ0) is 17.7. The number of phenolic OH excluding ortho intramolecular Hbond substituents is 2. The standard InChI is InChI=1S/C22H16N2O2/c25-15-4-6-17-19(11-23-21(17)9-15)13-2-1-3-14(8-13)20-12-24-22-10-16(26)5-7-18(20)22/h1-12,23-26H. The van der Waals surface area contributed by atoms with Gasteiger partial charge < -0.3 is 20.2 Å². The fourth-order valence-corrected chi connectivity index (χ4v) is 3.56. The molecular formula is C22H16N2O2. The highest BCUT2D eigenvalue weighted by atomic mass is 16.3. The third kappa shape index (κ3) is 2.24. The summed E-state index contributed by atoms with van der Waals surface area (Å²) in [6.45, 7) is 0. The molecule has 0 spiro atoms. The number of aromatic hydroxyl groups is 2. The lowest BCUT2D eigenvalue weighted by Gasteiger charge is -2.05. The normalized spacial score (nSPS) is 11.4. The Balaban J connectivity index is 1.66. The van der Waals surface area contributed by atoms with Crippen LogP contribution in [0.4, 0.5) is 0 Å². The molecule has 4 heteroatoms. The molecule has 5 rings (SSSR count). The lowest BCUT2D eigenvalue weighted by Crippen LogP contribution is -1.80. The molecule has 0 aliphatic carbocycles. The van der Waals surface area contributed by atoms with E-state index in [1.54, 1.807) is 24.3 Å². The van der Waals surface area contributed by atoms with E-state index in [4.69, 9.17) is 0 Å². The third-order valence-electron chi connectivity index (χ3n) is 4.82. The predicted octanol–water partition coefficient (Wildman–Crippen LogP) is 5.39. The number of hydrogen-bond donors (Lipinski definition) is 4. The Morgan fingerprint density at radius 1 is 0.577 bits per heavy atom. The van der Waals surface area contributed by atoms with Gasteiger partial charge in [0.15, 0.2) is 0 Å². The van der Waals surface area contributed by atoms with E-state index in [1.165, 1.54) is 0 Å². The molecule has 26 heavy (non-hydrogen) atoms. The zero-order valence-electron chi connectivity index (χ0n) is 13.8. The number of aromatic nitrogens is 2. The molecule has 2 heterocycles. The molecule has 5 aromatic rings. The van der Waals surface area contributed by atoms with E-state index in [2.05, 4.69) is 28.2 Å². The second-order valence-corrected chi connectivity index (χ2v) is 6.45. The van der Waals surface area contributed by atoms with Gasteiger partial charge in [0.25, 0.3) is 0 Å². The van der Waals surface area contributed by atoms with Crippen LogP contribution >= 0.6 is 0 Å². The summed E-state index contributed by atoms with van der Waals surface area (Å²) < 4.78 is 0. The Kier molecular flexibility index (Phi) is 3.06. The van der Waals surface area contributed by atoms with Crippen molar-refractivity contribution in [2.75, 3.05) is 0 Å². The van der Waals surface area contributed by atoms with Crippen LogP contribution in [-0.2, 0) is 0 Å². The zero-order valence-corrected chi connectivity index (χ0v) is 13.8. The van der Waals surface area contributed by atoms with Crippen molar-refractivity contribution in [3.63, 3.8) is 0 Å². The van der Waals surface area contributed by atoms with Crippen LogP contribution in [0.1, 0.15) is 0 Å². The molecule has 0 saturated heterocycles. The van der Waals surface area contributed by atoms with Crippen molar-refractivity contribution >= 4 is 21.8 Å². The number of H-pyrrole nitrogens is 2. The first-order valence-corrected chi connectivity index (χ1v) is 8.40. The SMILES string of the molecule is Oc1ccc2c(-c3cccc(-c4c[nH]c5cc(O)ccc45)c3)c[nH]c2c1. The maximum atomic E-state index is 9.66. The molecule has 0 fully saturated rings. The van der Waals surface area contributed by atoms with Crippen molar-refractivity contribution in [3.05, 3.63) is 73.1 Å². The monoisotopic (exact) mass is 340 g/mol. The molecule has 0 radical (unpaired) electrons. The Morgan fingerprint density at radius 3 is 1.58 bits per heavy atom. The van der Waals surface area contributed by atoms with Gasteiger partial charge in [-0.1, -0.05) is 18.2 Å². The number of phenols is 2. The fraction of sp³-hybridized carbons (Fsp3) is 0. The largest absolute Gasteiger partial charge is 0.508 e. The van der Waals surface area contributed by atoms with E-state index in [-0.39, 0.29) is 11.5 Å². The van der Waals surface area contributed by atoms with E-state index in [1.807, 2.05) is 30.6 Å². The lowest BCUT2D eigenvalue weighted by atomic mass is 9.98. The fourth-order valence-electron chi connectivity index (χ4n) is 3.56. The van der Waals surface area contributed by atoms with Gasteiger partial charge in [0.1, 0.15) is 11.5 Å². The summed E-state index contributed by atoms with van der Waals surface area (Å²) in [4.78, 5) is 6.45. The van der Waals surface area contributed by atoms with Crippen molar-refractivity contribution in [2.24, 2.45) is 0 Å². The predicted molar refractivity (Wildman–Crippen MR) is 104 cm³/mol. The Hall–Kier alpha value is -3.66. The highest BCUT2D eigenvalue weighted by Gasteiger charge is 2.10. The van der Waals surface area contributed by atoms with Crippen molar-refractivity contribution in [1.82, 2.24) is 9.97 Å². The molecule has 0 unspecified atom stereocenters. The molecule has 0 bridgehead atoms. The van der Waals surface area contributed by atoms with Crippen LogP contribution < -0.4 is 0 Å². The number of rotatable bonds is 2. The third-order valence-corrected chi connectivity index (χ3v) is 4.82. The molecule has 4 nitrogen and oxygen atoms in total. The van der Waals surface area contributed by atoms with Crippen LogP contribution in [0.5, 0.6) is 11.5 Å².